The van der Waals surface area contributed by atoms with E-state index in [9.17, 15) is 5.11 Å². The van der Waals surface area contributed by atoms with E-state index in [1.807, 2.05) is 32.1 Å². The number of hydrogen-bond donors (Lipinski definition) is 1. The van der Waals surface area contributed by atoms with Gasteiger partial charge in [0, 0.05) is 52.0 Å². The molecule has 23 heavy (non-hydrogen) atoms. The van der Waals surface area contributed by atoms with Gasteiger partial charge in [-0.1, -0.05) is 0 Å². The van der Waals surface area contributed by atoms with Crippen LogP contribution in [0.15, 0.2) is 6.20 Å². The van der Waals surface area contributed by atoms with Crippen LogP contribution in [0.4, 0.5) is 11.8 Å². The van der Waals surface area contributed by atoms with Crippen LogP contribution in [0, 0.1) is 12.3 Å². The molecule has 1 N–H and O–H groups in total. The number of aromatic nitrogens is 2. The van der Waals surface area contributed by atoms with Gasteiger partial charge >= 0.3 is 0 Å². The summed E-state index contributed by atoms with van der Waals surface area (Å²) in [4.78, 5) is 15.9. The molecule has 3 heterocycles. The minimum atomic E-state index is -0.184. The van der Waals surface area contributed by atoms with E-state index in [0.29, 0.717) is 0 Å². The van der Waals surface area contributed by atoms with Crippen molar-refractivity contribution in [2.24, 2.45) is 5.41 Å². The second-order valence-corrected chi connectivity index (χ2v) is 7.61. The highest BCUT2D eigenvalue weighted by Crippen LogP contribution is 2.40. The largest absolute Gasteiger partial charge is 0.392 e. The molecule has 2 aliphatic rings. The quantitative estimate of drug-likeness (QED) is 0.882. The highest BCUT2D eigenvalue weighted by Gasteiger charge is 2.40. The summed E-state index contributed by atoms with van der Waals surface area (Å²) in [5, 5.41) is 10.1. The molecule has 1 unspecified atom stereocenters. The average Bonchev–Trinajstić information content (AvgIpc) is 2.47. The van der Waals surface area contributed by atoms with Crippen LogP contribution in [0.5, 0.6) is 0 Å². The third-order valence-corrected chi connectivity index (χ3v) is 5.26. The normalized spacial score (nSPS) is 24.9. The Bertz CT molecular complexity index is 542. The van der Waals surface area contributed by atoms with Gasteiger partial charge in [-0.2, -0.15) is 4.98 Å². The summed E-state index contributed by atoms with van der Waals surface area (Å²) in [5.41, 5.74) is 1.36. The maximum atomic E-state index is 10.1. The van der Waals surface area contributed by atoms with Gasteiger partial charge in [-0.15, -0.1) is 0 Å². The highest BCUT2D eigenvalue weighted by atomic mass is 16.3. The van der Waals surface area contributed by atoms with Gasteiger partial charge in [0.05, 0.1) is 6.10 Å². The van der Waals surface area contributed by atoms with Crippen molar-refractivity contribution in [3.05, 3.63) is 11.8 Å². The summed E-state index contributed by atoms with van der Waals surface area (Å²) in [6.45, 7) is 5.88. The fourth-order valence-corrected chi connectivity index (χ4v) is 4.20. The summed E-state index contributed by atoms with van der Waals surface area (Å²) in [7, 11) is 6.15. The summed E-state index contributed by atoms with van der Waals surface area (Å²) in [5.74, 6) is 1.82. The highest BCUT2D eigenvalue weighted by molar-refractivity contribution is 5.48. The van der Waals surface area contributed by atoms with Gasteiger partial charge in [-0.3, -0.25) is 0 Å². The van der Waals surface area contributed by atoms with Gasteiger partial charge in [-0.25, -0.2) is 4.98 Å². The number of likely N-dealkylation sites (N-methyl/N-ethyl adjacent to an activating group) is 1. The van der Waals surface area contributed by atoms with Gasteiger partial charge in [0.1, 0.15) is 5.82 Å². The van der Waals surface area contributed by atoms with Crippen LogP contribution in [0.25, 0.3) is 0 Å². The SMILES string of the molecule is Cc1cnc(N2CCC3(CC2)CC(O)CN(C)C3)nc1N(C)C. The molecule has 0 aromatic carbocycles. The molecular weight excluding hydrogens is 290 g/mol. The van der Waals surface area contributed by atoms with Crippen molar-refractivity contribution in [3.8, 4) is 0 Å². The number of nitrogens with zero attached hydrogens (tertiary/aromatic N) is 5. The Morgan fingerprint density at radius 2 is 2.00 bits per heavy atom. The molecule has 0 bridgehead atoms. The number of β-amino-alcohol motifs (C(OH)–C–C–N with tert-alkyl or cyclic N) is 1. The number of aliphatic hydroxyl groups is 1. The van der Waals surface area contributed by atoms with Gasteiger partial charge in [0.25, 0.3) is 0 Å². The van der Waals surface area contributed by atoms with Crippen LogP contribution in [0.1, 0.15) is 24.8 Å². The molecule has 1 aromatic rings. The lowest BCUT2D eigenvalue weighted by atomic mass is 9.72. The minimum absolute atomic E-state index is 0.184. The third-order valence-electron chi connectivity index (χ3n) is 5.26. The molecule has 3 rings (SSSR count). The van der Waals surface area contributed by atoms with E-state index in [1.54, 1.807) is 0 Å². The molecule has 6 heteroatoms. The van der Waals surface area contributed by atoms with Crippen molar-refractivity contribution >= 4 is 11.8 Å². The summed E-state index contributed by atoms with van der Waals surface area (Å²) >= 11 is 0. The standard InChI is InChI=1S/C17H29N5O/c1-13-10-18-16(19-15(13)20(2)3)22-7-5-17(6-8-22)9-14(23)11-21(4)12-17/h10,14,23H,5-9,11-12H2,1-4H3. The number of anilines is 2. The Kier molecular flexibility index (Phi) is 4.47. The Morgan fingerprint density at radius 3 is 2.61 bits per heavy atom. The van der Waals surface area contributed by atoms with Crippen LogP contribution in [-0.2, 0) is 0 Å². The minimum Gasteiger partial charge on any atom is -0.392 e. The van der Waals surface area contributed by atoms with Crippen molar-refractivity contribution in [2.75, 3.05) is 57.1 Å². The molecule has 0 amide bonds. The first-order valence-electron chi connectivity index (χ1n) is 8.51. The topological polar surface area (TPSA) is 55.7 Å². The van der Waals surface area contributed by atoms with Crippen LogP contribution in [0.2, 0.25) is 0 Å². The molecule has 0 radical (unpaired) electrons. The van der Waals surface area contributed by atoms with E-state index < -0.39 is 0 Å². The lowest BCUT2D eigenvalue weighted by molar-refractivity contribution is -0.0113. The second-order valence-electron chi connectivity index (χ2n) is 7.61. The number of rotatable bonds is 2. The van der Waals surface area contributed by atoms with Crippen molar-refractivity contribution in [1.82, 2.24) is 14.9 Å². The van der Waals surface area contributed by atoms with E-state index in [1.165, 1.54) is 0 Å². The lowest BCUT2D eigenvalue weighted by Crippen LogP contribution is -2.52. The Labute approximate surface area is 139 Å². The average molecular weight is 319 g/mol. The zero-order valence-electron chi connectivity index (χ0n) is 14.8. The van der Waals surface area contributed by atoms with Crippen LogP contribution in [0.3, 0.4) is 0 Å². The predicted octanol–water partition coefficient (Wildman–Crippen LogP) is 1.13. The molecule has 1 atom stereocenters. The first-order chi connectivity index (χ1) is 10.9. The smallest absolute Gasteiger partial charge is 0.227 e. The molecule has 0 saturated carbocycles. The van der Waals surface area contributed by atoms with E-state index in [-0.39, 0.29) is 11.5 Å². The van der Waals surface area contributed by atoms with Gasteiger partial charge in [-0.05, 0) is 38.6 Å². The van der Waals surface area contributed by atoms with Crippen LogP contribution in [-0.4, -0.2) is 73.4 Å². The monoisotopic (exact) mass is 319 g/mol. The van der Waals surface area contributed by atoms with E-state index >= 15 is 0 Å². The number of aliphatic hydroxyl groups excluding tert-OH is 1. The molecule has 2 aliphatic heterocycles. The fourth-order valence-electron chi connectivity index (χ4n) is 4.20. The first-order valence-corrected chi connectivity index (χ1v) is 8.51. The number of likely N-dealkylation sites (tertiary alicyclic amines) is 1. The van der Waals surface area contributed by atoms with E-state index in [2.05, 4.69) is 21.8 Å². The Hall–Kier alpha value is -1.40. The van der Waals surface area contributed by atoms with Crippen LogP contribution < -0.4 is 9.80 Å². The molecule has 1 aromatic heterocycles. The summed E-state index contributed by atoms with van der Waals surface area (Å²) in [6, 6.07) is 0. The Morgan fingerprint density at radius 1 is 1.30 bits per heavy atom. The first kappa shape index (κ1) is 16.5. The summed E-state index contributed by atoms with van der Waals surface area (Å²) < 4.78 is 0. The predicted molar refractivity (Wildman–Crippen MR) is 93.1 cm³/mol. The van der Waals surface area contributed by atoms with Gasteiger partial charge < -0.3 is 19.8 Å². The van der Waals surface area contributed by atoms with Crippen LogP contribution >= 0.6 is 0 Å². The molecule has 128 valence electrons. The number of hydrogen-bond acceptors (Lipinski definition) is 6. The summed E-state index contributed by atoms with van der Waals surface area (Å²) in [6.07, 6.45) is 4.87. The maximum absolute atomic E-state index is 10.1. The van der Waals surface area contributed by atoms with Gasteiger partial charge in [0.2, 0.25) is 5.95 Å². The van der Waals surface area contributed by atoms with E-state index in [4.69, 9.17) is 4.98 Å². The van der Waals surface area contributed by atoms with E-state index in [0.717, 1.165) is 62.8 Å². The molecule has 6 nitrogen and oxygen atoms in total. The van der Waals surface area contributed by atoms with Crippen molar-refractivity contribution < 1.29 is 5.11 Å². The molecule has 2 fully saturated rings. The fraction of sp³-hybridized carbons (Fsp3) is 0.765. The number of piperidine rings is 2. The van der Waals surface area contributed by atoms with Crippen molar-refractivity contribution in [3.63, 3.8) is 0 Å². The van der Waals surface area contributed by atoms with Gasteiger partial charge in [0.15, 0.2) is 0 Å². The molecular formula is C17H29N5O. The zero-order chi connectivity index (χ0) is 16.6. The molecule has 0 aliphatic carbocycles. The maximum Gasteiger partial charge on any atom is 0.227 e. The van der Waals surface area contributed by atoms with Crippen molar-refractivity contribution in [1.29, 1.82) is 0 Å². The van der Waals surface area contributed by atoms with Crippen molar-refractivity contribution in [2.45, 2.75) is 32.3 Å². The number of aryl methyl sites for hydroxylation is 1. The zero-order valence-corrected chi connectivity index (χ0v) is 14.8. The third kappa shape index (κ3) is 3.43. The second kappa shape index (κ2) is 6.24. The molecule has 1 spiro atoms. The Balaban J connectivity index is 1.71. The lowest BCUT2D eigenvalue weighted by Gasteiger charge is -2.48. The molecule has 2 saturated heterocycles.